The SMILES string of the molecule is Cc1cc(C)n2cnc(C(=O)N[C@H]3CC[C@H](OC4CCC(C)(C)CC4)CC3)c2n1. The molecule has 2 aromatic heterocycles. The molecule has 6 heteroatoms. The molecule has 2 aliphatic rings. The Kier molecular flexibility index (Phi) is 5.65. The molecule has 1 amide bonds. The second kappa shape index (κ2) is 8.05. The van der Waals surface area contributed by atoms with Crippen LogP contribution in [0.3, 0.4) is 0 Å². The number of nitrogens with zero attached hydrogens (tertiary/aromatic N) is 3. The fraction of sp³-hybridized carbons (Fsp3) is 0.696. The molecule has 0 aromatic carbocycles. The first-order valence-corrected chi connectivity index (χ1v) is 11.1. The molecule has 4 rings (SSSR count). The molecule has 0 spiro atoms. The number of aryl methyl sites for hydroxylation is 2. The molecule has 0 saturated heterocycles. The van der Waals surface area contributed by atoms with E-state index in [0.29, 0.717) is 29.0 Å². The van der Waals surface area contributed by atoms with Crippen LogP contribution in [-0.2, 0) is 4.74 Å². The van der Waals surface area contributed by atoms with E-state index in [1.165, 1.54) is 25.7 Å². The van der Waals surface area contributed by atoms with Crippen molar-refractivity contribution in [3.63, 3.8) is 0 Å². The third-order valence-corrected chi connectivity index (χ3v) is 6.72. The Hall–Kier alpha value is -1.95. The van der Waals surface area contributed by atoms with Gasteiger partial charge in [-0.1, -0.05) is 13.8 Å². The lowest BCUT2D eigenvalue weighted by Crippen LogP contribution is -2.40. The van der Waals surface area contributed by atoms with Gasteiger partial charge >= 0.3 is 0 Å². The first-order valence-electron chi connectivity index (χ1n) is 11.1. The van der Waals surface area contributed by atoms with E-state index < -0.39 is 0 Å². The van der Waals surface area contributed by atoms with E-state index in [9.17, 15) is 4.79 Å². The van der Waals surface area contributed by atoms with Gasteiger partial charge in [-0.25, -0.2) is 9.97 Å². The van der Waals surface area contributed by atoms with E-state index >= 15 is 0 Å². The maximum atomic E-state index is 12.8. The Morgan fingerprint density at radius 1 is 1.10 bits per heavy atom. The largest absolute Gasteiger partial charge is 0.375 e. The number of carbonyl (C=O) groups excluding carboxylic acids is 1. The van der Waals surface area contributed by atoms with Crippen molar-refractivity contribution in [3.8, 4) is 0 Å². The second-order valence-electron chi connectivity index (χ2n) is 9.77. The van der Waals surface area contributed by atoms with Gasteiger partial charge in [-0.3, -0.25) is 9.20 Å². The highest BCUT2D eigenvalue weighted by atomic mass is 16.5. The van der Waals surface area contributed by atoms with E-state index in [1.807, 2.05) is 24.3 Å². The minimum absolute atomic E-state index is 0.121. The highest BCUT2D eigenvalue weighted by Gasteiger charge is 2.31. The zero-order valence-electron chi connectivity index (χ0n) is 18.2. The maximum Gasteiger partial charge on any atom is 0.274 e. The summed E-state index contributed by atoms with van der Waals surface area (Å²) in [4.78, 5) is 21.7. The molecule has 0 atom stereocenters. The van der Waals surface area contributed by atoms with Gasteiger partial charge in [0.15, 0.2) is 11.3 Å². The Labute approximate surface area is 173 Å². The molecule has 2 aliphatic carbocycles. The molecular formula is C23H34N4O2. The number of amides is 1. The van der Waals surface area contributed by atoms with E-state index in [2.05, 4.69) is 29.1 Å². The summed E-state index contributed by atoms with van der Waals surface area (Å²) in [6.45, 7) is 8.66. The van der Waals surface area contributed by atoms with Crippen LogP contribution < -0.4 is 5.32 Å². The van der Waals surface area contributed by atoms with Crippen molar-refractivity contribution >= 4 is 11.6 Å². The molecule has 2 aromatic rings. The lowest BCUT2D eigenvalue weighted by atomic mass is 9.76. The molecule has 2 fully saturated rings. The molecule has 2 saturated carbocycles. The predicted octanol–water partition coefficient (Wildman–Crippen LogP) is 4.37. The molecule has 0 aliphatic heterocycles. The van der Waals surface area contributed by atoms with Gasteiger partial charge in [0, 0.05) is 17.4 Å². The topological polar surface area (TPSA) is 68.5 Å². The van der Waals surface area contributed by atoms with Crippen LogP contribution in [0.15, 0.2) is 12.4 Å². The van der Waals surface area contributed by atoms with Crippen molar-refractivity contribution in [1.29, 1.82) is 0 Å². The van der Waals surface area contributed by atoms with Gasteiger partial charge in [-0.05, 0) is 76.7 Å². The summed E-state index contributed by atoms with van der Waals surface area (Å²) < 4.78 is 8.27. The number of nitrogens with one attached hydrogen (secondary N) is 1. The van der Waals surface area contributed by atoms with Crippen LogP contribution in [-0.4, -0.2) is 38.5 Å². The normalized spacial score (nSPS) is 25.2. The van der Waals surface area contributed by atoms with Crippen LogP contribution in [0.25, 0.3) is 5.65 Å². The minimum Gasteiger partial charge on any atom is -0.375 e. The standard InChI is InChI=1S/C23H34N4O2/c1-15-13-16(2)27-14-24-20(21(27)25-15)22(28)26-17-5-7-18(8-6-17)29-19-9-11-23(3,4)12-10-19/h13-14,17-19H,5-12H2,1-4H3,(H,26,28)/t17-,18-. The number of ether oxygens (including phenoxy) is 1. The van der Waals surface area contributed by atoms with Crippen LogP contribution >= 0.6 is 0 Å². The molecule has 6 nitrogen and oxygen atoms in total. The van der Waals surface area contributed by atoms with Crippen molar-refractivity contribution in [2.24, 2.45) is 5.41 Å². The summed E-state index contributed by atoms with van der Waals surface area (Å²) in [7, 11) is 0. The smallest absolute Gasteiger partial charge is 0.274 e. The first kappa shape index (κ1) is 20.3. The number of hydrogen-bond acceptors (Lipinski definition) is 4. The molecule has 29 heavy (non-hydrogen) atoms. The average Bonchev–Trinajstić information content (AvgIpc) is 3.09. The van der Waals surface area contributed by atoms with Gasteiger partial charge in [-0.2, -0.15) is 0 Å². The third-order valence-electron chi connectivity index (χ3n) is 6.72. The highest BCUT2D eigenvalue weighted by molar-refractivity contribution is 5.98. The Morgan fingerprint density at radius 3 is 2.45 bits per heavy atom. The fourth-order valence-corrected chi connectivity index (χ4v) is 4.82. The number of fused-ring (bicyclic) bond motifs is 1. The lowest BCUT2D eigenvalue weighted by molar-refractivity contribution is -0.0607. The van der Waals surface area contributed by atoms with Crippen molar-refractivity contribution in [1.82, 2.24) is 19.7 Å². The summed E-state index contributed by atoms with van der Waals surface area (Å²) in [5, 5.41) is 3.18. The molecule has 2 heterocycles. The van der Waals surface area contributed by atoms with Gasteiger partial charge in [0.25, 0.3) is 5.91 Å². The molecule has 0 bridgehead atoms. The van der Waals surface area contributed by atoms with Crippen molar-refractivity contribution in [3.05, 3.63) is 29.5 Å². The van der Waals surface area contributed by atoms with E-state index in [0.717, 1.165) is 37.1 Å². The summed E-state index contributed by atoms with van der Waals surface area (Å²) in [5.74, 6) is -0.121. The van der Waals surface area contributed by atoms with Crippen molar-refractivity contribution < 1.29 is 9.53 Å². The summed E-state index contributed by atoms with van der Waals surface area (Å²) in [5.41, 5.74) is 3.46. The Balaban J connectivity index is 1.29. The number of imidazole rings is 1. The molecule has 1 N–H and O–H groups in total. The number of rotatable bonds is 4. The van der Waals surface area contributed by atoms with E-state index in [1.54, 1.807) is 6.33 Å². The molecular weight excluding hydrogens is 364 g/mol. The number of aromatic nitrogens is 3. The fourth-order valence-electron chi connectivity index (χ4n) is 4.82. The first-order chi connectivity index (χ1) is 13.8. The summed E-state index contributed by atoms with van der Waals surface area (Å²) in [6.07, 6.45) is 11.3. The van der Waals surface area contributed by atoms with Gasteiger partial charge in [0.1, 0.15) is 6.33 Å². The van der Waals surface area contributed by atoms with Gasteiger partial charge < -0.3 is 10.1 Å². The Bertz CT molecular complexity index is 870. The number of hydrogen-bond donors (Lipinski definition) is 1. The van der Waals surface area contributed by atoms with E-state index in [4.69, 9.17) is 4.74 Å². The molecule has 158 valence electrons. The van der Waals surface area contributed by atoms with Crippen LogP contribution in [0.2, 0.25) is 0 Å². The van der Waals surface area contributed by atoms with Crippen molar-refractivity contribution in [2.45, 2.75) is 97.3 Å². The minimum atomic E-state index is -0.121. The lowest BCUT2D eigenvalue weighted by Gasteiger charge is -2.37. The predicted molar refractivity (Wildman–Crippen MR) is 113 cm³/mol. The monoisotopic (exact) mass is 398 g/mol. The van der Waals surface area contributed by atoms with Crippen LogP contribution in [0, 0.1) is 19.3 Å². The zero-order chi connectivity index (χ0) is 20.6. The maximum absolute atomic E-state index is 12.8. The van der Waals surface area contributed by atoms with Gasteiger partial charge in [-0.15, -0.1) is 0 Å². The third kappa shape index (κ3) is 4.63. The van der Waals surface area contributed by atoms with Crippen molar-refractivity contribution in [2.75, 3.05) is 0 Å². The summed E-state index contributed by atoms with van der Waals surface area (Å²) in [6, 6.07) is 2.18. The van der Waals surface area contributed by atoms with Crippen LogP contribution in [0.1, 0.15) is 87.1 Å². The zero-order valence-corrected chi connectivity index (χ0v) is 18.2. The van der Waals surface area contributed by atoms with Crippen LogP contribution in [0.5, 0.6) is 0 Å². The van der Waals surface area contributed by atoms with Gasteiger partial charge in [0.05, 0.1) is 12.2 Å². The Morgan fingerprint density at radius 2 is 1.76 bits per heavy atom. The highest BCUT2D eigenvalue weighted by Crippen LogP contribution is 2.37. The van der Waals surface area contributed by atoms with E-state index in [-0.39, 0.29) is 11.9 Å². The molecule has 0 radical (unpaired) electrons. The average molecular weight is 399 g/mol. The molecule has 0 unspecified atom stereocenters. The second-order valence-corrected chi connectivity index (χ2v) is 9.77. The van der Waals surface area contributed by atoms with Crippen LogP contribution in [0.4, 0.5) is 0 Å². The number of carbonyl (C=O) groups is 1. The summed E-state index contributed by atoms with van der Waals surface area (Å²) >= 11 is 0. The van der Waals surface area contributed by atoms with Gasteiger partial charge in [0.2, 0.25) is 0 Å². The quantitative estimate of drug-likeness (QED) is 0.830.